The average molecular weight is 375 g/mol. The summed E-state index contributed by atoms with van der Waals surface area (Å²) in [5.74, 6) is -2.68. The van der Waals surface area contributed by atoms with Gasteiger partial charge in [0.25, 0.3) is 5.56 Å². The molecule has 0 aliphatic rings. The number of benzene rings is 1. The summed E-state index contributed by atoms with van der Waals surface area (Å²) >= 11 is 0. The maximum atomic E-state index is 13.8. The molecule has 0 radical (unpaired) electrons. The van der Waals surface area contributed by atoms with Gasteiger partial charge in [-0.1, -0.05) is 25.5 Å². The number of hydrogen-bond acceptors (Lipinski definition) is 3. The molecule has 0 saturated heterocycles. The molecule has 144 valence electrons. The predicted octanol–water partition coefficient (Wildman–Crippen LogP) is 4.47. The van der Waals surface area contributed by atoms with Gasteiger partial charge in [-0.3, -0.25) is 4.79 Å². The fourth-order valence-corrected chi connectivity index (χ4v) is 3.01. The van der Waals surface area contributed by atoms with Gasteiger partial charge in [-0.2, -0.15) is 0 Å². The minimum Gasteiger partial charge on any atom is -0.463 e. The van der Waals surface area contributed by atoms with Crippen LogP contribution in [0.1, 0.15) is 38.2 Å². The number of hydrogen-bond donors (Lipinski definition) is 0. The van der Waals surface area contributed by atoms with Crippen molar-refractivity contribution in [2.24, 2.45) is 0 Å². The number of carbonyl (C=O) groups is 1. The first-order valence-electron chi connectivity index (χ1n) is 8.90. The van der Waals surface area contributed by atoms with E-state index >= 15 is 0 Å². The van der Waals surface area contributed by atoms with Gasteiger partial charge in [-0.25, -0.2) is 13.6 Å². The first kappa shape index (κ1) is 20.6. The summed E-state index contributed by atoms with van der Waals surface area (Å²) in [5.41, 5.74) is 0.241. The summed E-state index contributed by atoms with van der Waals surface area (Å²) in [5, 5.41) is 0.474. The number of fused-ring (bicyclic) bond motifs is 1. The van der Waals surface area contributed by atoms with Crippen LogP contribution in [0.15, 0.2) is 47.9 Å². The molecule has 0 aliphatic carbocycles. The van der Waals surface area contributed by atoms with Gasteiger partial charge < -0.3 is 9.30 Å². The first-order chi connectivity index (χ1) is 12.9. The molecule has 4 nitrogen and oxygen atoms in total. The Hall–Kier alpha value is -2.76. The van der Waals surface area contributed by atoms with E-state index in [4.69, 9.17) is 4.74 Å². The lowest BCUT2D eigenvalue weighted by atomic mass is 9.91. The van der Waals surface area contributed by atoms with E-state index in [1.807, 2.05) is 6.92 Å². The standard InChI is InChI=1S/C21H23F2NO3/c1-4-8-14(5-2)17-13-24(10-7-9-20(25)27-6-3)21(26)16-12-19(23)18(22)11-15(16)17/h5,7,9,11-14H,2,4,6,8,10H2,1,3H3/b9-7+. The van der Waals surface area contributed by atoms with Crippen LogP contribution in [0.25, 0.3) is 10.8 Å². The highest BCUT2D eigenvalue weighted by Gasteiger charge is 2.17. The van der Waals surface area contributed by atoms with Crippen LogP contribution in [0.2, 0.25) is 0 Å². The zero-order valence-corrected chi connectivity index (χ0v) is 15.5. The number of rotatable bonds is 8. The van der Waals surface area contributed by atoms with Crippen LogP contribution >= 0.6 is 0 Å². The molecule has 0 bridgehead atoms. The van der Waals surface area contributed by atoms with Crippen molar-refractivity contribution in [1.29, 1.82) is 0 Å². The predicted molar refractivity (Wildman–Crippen MR) is 102 cm³/mol. The lowest BCUT2D eigenvalue weighted by Crippen LogP contribution is -2.21. The quantitative estimate of drug-likeness (QED) is 0.389. The third-order valence-electron chi connectivity index (χ3n) is 4.28. The Bertz CT molecular complexity index is 931. The van der Waals surface area contributed by atoms with Gasteiger partial charge in [-0.05, 0) is 36.4 Å². The molecule has 6 heteroatoms. The molecule has 2 rings (SSSR count). The highest BCUT2D eigenvalue weighted by Crippen LogP contribution is 2.29. The van der Waals surface area contributed by atoms with Crippen LogP contribution < -0.4 is 5.56 Å². The van der Waals surface area contributed by atoms with Gasteiger partial charge in [-0.15, -0.1) is 6.58 Å². The fourth-order valence-electron chi connectivity index (χ4n) is 3.01. The van der Waals surface area contributed by atoms with Gasteiger partial charge in [0.1, 0.15) is 0 Å². The molecule has 0 spiro atoms. The summed E-state index contributed by atoms with van der Waals surface area (Å²) < 4.78 is 33.7. The van der Waals surface area contributed by atoms with E-state index in [1.54, 1.807) is 19.2 Å². The van der Waals surface area contributed by atoms with Gasteiger partial charge in [0, 0.05) is 24.7 Å². The summed E-state index contributed by atoms with van der Waals surface area (Å²) in [6.07, 6.45) is 7.72. The van der Waals surface area contributed by atoms with Crippen LogP contribution in [-0.2, 0) is 16.1 Å². The van der Waals surface area contributed by atoms with Crippen LogP contribution in [0.3, 0.4) is 0 Å². The second-order valence-corrected chi connectivity index (χ2v) is 6.14. The van der Waals surface area contributed by atoms with E-state index in [9.17, 15) is 18.4 Å². The van der Waals surface area contributed by atoms with Crippen LogP contribution in [0.5, 0.6) is 0 Å². The smallest absolute Gasteiger partial charge is 0.330 e. The summed E-state index contributed by atoms with van der Waals surface area (Å²) in [7, 11) is 0. The molecular weight excluding hydrogens is 352 g/mol. The Labute approximate surface area is 156 Å². The van der Waals surface area contributed by atoms with Crippen LogP contribution in [-0.4, -0.2) is 17.1 Å². The van der Waals surface area contributed by atoms with Crippen molar-refractivity contribution in [3.8, 4) is 0 Å². The summed E-state index contributed by atoms with van der Waals surface area (Å²) in [6, 6.07) is 1.99. The fraction of sp³-hybridized carbons (Fsp3) is 0.333. The first-order valence-corrected chi connectivity index (χ1v) is 8.90. The van der Waals surface area contributed by atoms with E-state index in [-0.39, 0.29) is 24.5 Å². The maximum absolute atomic E-state index is 13.8. The molecule has 1 atom stereocenters. The number of ether oxygens (including phenoxy) is 1. The van der Waals surface area contributed by atoms with Crippen molar-refractivity contribution in [3.63, 3.8) is 0 Å². The monoisotopic (exact) mass is 375 g/mol. The largest absolute Gasteiger partial charge is 0.463 e. The normalized spacial score (nSPS) is 12.4. The van der Waals surface area contributed by atoms with E-state index in [2.05, 4.69) is 6.58 Å². The third-order valence-corrected chi connectivity index (χ3v) is 4.28. The van der Waals surface area contributed by atoms with E-state index in [0.717, 1.165) is 25.0 Å². The average Bonchev–Trinajstić information content (AvgIpc) is 2.64. The lowest BCUT2D eigenvalue weighted by Gasteiger charge is -2.17. The molecule has 0 fully saturated rings. The number of allylic oxidation sites excluding steroid dienone is 2. The molecule has 1 aromatic carbocycles. The Morgan fingerprint density at radius 2 is 1.93 bits per heavy atom. The second kappa shape index (κ2) is 9.26. The third kappa shape index (κ3) is 4.70. The Morgan fingerprint density at radius 1 is 1.26 bits per heavy atom. The molecule has 0 amide bonds. The van der Waals surface area contributed by atoms with Crippen LogP contribution in [0, 0.1) is 11.6 Å². The van der Waals surface area contributed by atoms with Crippen molar-refractivity contribution in [1.82, 2.24) is 4.57 Å². The SMILES string of the molecule is C=CC(CCC)c1cn(C/C=C/C(=O)OCC)c(=O)c2cc(F)c(F)cc12. The molecule has 2 aromatic rings. The van der Waals surface area contributed by atoms with Gasteiger partial charge >= 0.3 is 5.97 Å². The molecule has 0 N–H and O–H groups in total. The van der Waals surface area contributed by atoms with Crippen molar-refractivity contribution < 1.29 is 18.3 Å². The minimum absolute atomic E-state index is 0.0962. The number of pyridine rings is 1. The number of aromatic nitrogens is 1. The van der Waals surface area contributed by atoms with Gasteiger partial charge in [0.15, 0.2) is 11.6 Å². The van der Waals surface area contributed by atoms with Gasteiger partial charge in [0.05, 0.1) is 12.0 Å². The second-order valence-electron chi connectivity index (χ2n) is 6.14. The van der Waals surface area contributed by atoms with Crippen molar-refractivity contribution in [2.45, 2.75) is 39.2 Å². The van der Waals surface area contributed by atoms with Crippen molar-refractivity contribution in [3.05, 3.63) is 70.7 Å². The topological polar surface area (TPSA) is 48.3 Å². The molecule has 0 saturated carbocycles. The molecule has 27 heavy (non-hydrogen) atoms. The summed E-state index contributed by atoms with van der Waals surface area (Å²) in [4.78, 5) is 24.1. The molecular formula is C21H23F2NO3. The Kier molecular flexibility index (Phi) is 7.05. The van der Waals surface area contributed by atoms with Gasteiger partial charge in [0.2, 0.25) is 0 Å². The Morgan fingerprint density at radius 3 is 2.52 bits per heavy atom. The number of esters is 1. The zero-order chi connectivity index (χ0) is 20.0. The molecule has 1 unspecified atom stereocenters. The lowest BCUT2D eigenvalue weighted by molar-refractivity contribution is -0.137. The highest BCUT2D eigenvalue weighted by atomic mass is 19.2. The highest BCUT2D eigenvalue weighted by molar-refractivity contribution is 5.86. The molecule has 1 heterocycles. The Balaban J connectivity index is 2.59. The number of halogens is 2. The van der Waals surface area contributed by atoms with E-state index in [1.165, 1.54) is 16.7 Å². The van der Waals surface area contributed by atoms with Crippen molar-refractivity contribution >= 4 is 16.7 Å². The summed E-state index contributed by atoms with van der Waals surface area (Å²) in [6.45, 7) is 7.90. The molecule has 0 aliphatic heterocycles. The number of nitrogens with zero attached hydrogens (tertiary/aromatic N) is 1. The van der Waals surface area contributed by atoms with Crippen molar-refractivity contribution in [2.75, 3.05) is 6.61 Å². The van der Waals surface area contributed by atoms with Crippen LogP contribution in [0.4, 0.5) is 8.78 Å². The maximum Gasteiger partial charge on any atom is 0.330 e. The minimum atomic E-state index is -1.07. The molecule has 1 aromatic heterocycles. The van der Waals surface area contributed by atoms with E-state index < -0.39 is 23.2 Å². The zero-order valence-electron chi connectivity index (χ0n) is 15.5. The number of carbonyl (C=O) groups excluding carboxylic acids is 1. The van der Waals surface area contributed by atoms with E-state index in [0.29, 0.717) is 10.9 Å².